The molecule has 6 heteroatoms. The zero-order valence-corrected chi connectivity index (χ0v) is 16.8. The van der Waals surface area contributed by atoms with E-state index in [1.54, 1.807) is 18.2 Å². The molecule has 4 nitrogen and oxygen atoms in total. The van der Waals surface area contributed by atoms with Gasteiger partial charge in [-0.3, -0.25) is 4.79 Å². The van der Waals surface area contributed by atoms with E-state index in [4.69, 9.17) is 33.7 Å². The van der Waals surface area contributed by atoms with Crippen molar-refractivity contribution in [1.29, 1.82) is 0 Å². The Morgan fingerprint density at radius 1 is 1.22 bits per heavy atom. The molecule has 7 unspecified atom stereocenters. The molecule has 4 saturated carbocycles. The summed E-state index contributed by atoms with van der Waals surface area (Å²) in [5, 5.41) is 11.0. The number of primary amides is 1. The Kier molecular flexibility index (Phi) is 5.59. The number of hydrogen-bond acceptors (Lipinski definition) is 3. The Bertz CT molecular complexity index is 713. The van der Waals surface area contributed by atoms with Gasteiger partial charge in [0.05, 0.1) is 11.6 Å². The minimum absolute atomic E-state index is 0.208. The molecule has 0 aromatic heterocycles. The molecule has 0 aliphatic heterocycles. The number of nitrogens with two attached hydrogens (primary N) is 1. The van der Waals surface area contributed by atoms with Crippen molar-refractivity contribution in [3.8, 4) is 5.75 Å². The van der Waals surface area contributed by atoms with Crippen molar-refractivity contribution < 1.29 is 14.6 Å². The standard InChI is InChI=1S/C21H27Cl2NO3/c22-14-1-2-19(18(23)9-14)27-4-3-15(21(24)26)20-13-6-11-5-12(8-13)17(10-25)16(20)7-11/h1-2,9,11-13,15-17,20,25H,3-8,10H2,(H2,24,26). The van der Waals surface area contributed by atoms with Gasteiger partial charge in [-0.1, -0.05) is 23.2 Å². The molecule has 27 heavy (non-hydrogen) atoms. The fraction of sp³-hybridized carbons (Fsp3) is 0.667. The van der Waals surface area contributed by atoms with Crippen LogP contribution < -0.4 is 10.5 Å². The fourth-order valence-corrected chi connectivity index (χ4v) is 6.88. The molecule has 0 saturated heterocycles. The molecule has 1 aromatic rings. The van der Waals surface area contributed by atoms with Crippen molar-refractivity contribution in [3.63, 3.8) is 0 Å². The van der Waals surface area contributed by atoms with Crippen molar-refractivity contribution in [2.24, 2.45) is 47.2 Å². The Hall–Kier alpha value is -0.970. The lowest BCUT2D eigenvalue weighted by atomic mass is 9.46. The SMILES string of the molecule is NC(=O)C(CCOc1ccc(Cl)cc1Cl)C1C2CC3CC(C2)C(CO)C1C3. The molecule has 3 N–H and O–H groups in total. The first-order valence-corrected chi connectivity index (χ1v) is 10.7. The van der Waals surface area contributed by atoms with Crippen molar-refractivity contribution >= 4 is 29.1 Å². The maximum absolute atomic E-state index is 12.3. The van der Waals surface area contributed by atoms with Crippen molar-refractivity contribution in [2.75, 3.05) is 13.2 Å². The highest BCUT2D eigenvalue weighted by molar-refractivity contribution is 6.35. The number of halogens is 2. The van der Waals surface area contributed by atoms with Crippen LogP contribution in [0.25, 0.3) is 0 Å². The lowest BCUT2D eigenvalue weighted by molar-refractivity contribution is -0.143. The predicted octanol–water partition coefficient (Wildman–Crippen LogP) is 4.15. The van der Waals surface area contributed by atoms with E-state index >= 15 is 0 Å². The molecular formula is C21H27Cl2NO3. The molecule has 4 fully saturated rings. The van der Waals surface area contributed by atoms with Gasteiger partial charge >= 0.3 is 0 Å². The third kappa shape index (κ3) is 3.68. The highest BCUT2D eigenvalue weighted by atomic mass is 35.5. The lowest BCUT2D eigenvalue weighted by Crippen LogP contribution is -2.55. The van der Waals surface area contributed by atoms with Crippen molar-refractivity contribution in [2.45, 2.75) is 32.1 Å². The zero-order valence-electron chi connectivity index (χ0n) is 15.3. The predicted molar refractivity (Wildman–Crippen MR) is 106 cm³/mol. The molecule has 5 rings (SSSR count). The first-order valence-electron chi connectivity index (χ1n) is 9.96. The third-order valence-corrected chi connectivity index (χ3v) is 7.83. The normalized spacial score (nSPS) is 35.2. The number of benzene rings is 1. The van der Waals surface area contributed by atoms with Gasteiger partial charge in [0.1, 0.15) is 5.75 Å². The fourth-order valence-electron chi connectivity index (χ4n) is 6.42. The Balaban J connectivity index is 1.45. The summed E-state index contributed by atoms with van der Waals surface area (Å²) >= 11 is 12.1. The summed E-state index contributed by atoms with van der Waals surface area (Å²) in [6.45, 7) is 0.620. The monoisotopic (exact) mass is 411 g/mol. The number of rotatable bonds is 7. The van der Waals surface area contributed by atoms with Crippen LogP contribution in [0.3, 0.4) is 0 Å². The van der Waals surface area contributed by atoms with Crippen LogP contribution in [0, 0.1) is 41.4 Å². The number of carbonyl (C=O) groups is 1. The maximum Gasteiger partial charge on any atom is 0.220 e. The molecule has 148 valence electrons. The van der Waals surface area contributed by atoms with E-state index < -0.39 is 0 Å². The summed E-state index contributed by atoms with van der Waals surface area (Å²) in [4.78, 5) is 12.3. The highest BCUT2D eigenvalue weighted by Gasteiger charge is 2.55. The molecule has 4 bridgehead atoms. The average molecular weight is 412 g/mol. The summed E-state index contributed by atoms with van der Waals surface area (Å²) in [5.41, 5.74) is 5.83. The average Bonchev–Trinajstić information content (AvgIpc) is 2.61. The van der Waals surface area contributed by atoms with Crippen LogP contribution >= 0.6 is 23.2 Å². The molecule has 0 heterocycles. The quantitative estimate of drug-likeness (QED) is 0.707. The molecule has 0 spiro atoms. The summed E-state index contributed by atoms with van der Waals surface area (Å²) < 4.78 is 5.82. The van der Waals surface area contributed by atoms with E-state index in [-0.39, 0.29) is 24.3 Å². The molecule has 7 atom stereocenters. The number of amides is 1. The van der Waals surface area contributed by atoms with Crippen LogP contribution in [-0.4, -0.2) is 24.2 Å². The van der Waals surface area contributed by atoms with Gasteiger partial charge in [0.15, 0.2) is 0 Å². The number of aliphatic hydroxyl groups excluding tert-OH is 1. The van der Waals surface area contributed by atoms with Gasteiger partial charge in [-0.05, 0) is 85.8 Å². The van der Waals surface area contributed by atoms with Crippen LogP contribution in [0.4, 0.5) is 0 Å². The second-order valence-electron chi connectivity index (χ2n) is 8.64. The zero-order chi connectivity index (χ0) is 19.1. The topological polar surface area (TPSA) is 72.6 Å². The van der Waals surface area contributed by atoms with E-state index in [2.05, 4.69) is 0 Å². The highest BCUT2D eigenvalue weighted by Crippen LogP contribution is 2.61. The van der Waals surface area contributed by atoms with Gasteiger partial charge in [0, 0.05) is 17.5 Å². The summed E-state index contributed by atoms with van der Waals surface area (Å²) in [7, 11) is 0. The maximum atomic E-state index is 12.3. The van der Waals surface area contributed by atoms with E-state index in [0.717, 1.165) is 18.8 Å². The Labute approximate surface area is 170 Å². The third-order valence-electron chi connectivity index (χ3n) is 7.30. The number of carbonyl (C=O) groups excluding carboxylic acids is 1. The number of aliphatic hydroxyl groups is 1. The van der Waals surface area contributed by atoms with E-state index in [1.165, 1.54) is 12.8 Å². The Morgan fingerprint density at radius 2 is 2.00 bits per heavy atom. The molecule has 1 aromatic carbocycles. The number of ether oxygens (including phenoxy) is 1. The van der Waals surface area contributed by atoms with Crippen LogP contribution in [0.15, 0.2) is 18.2 Å². The second-order valence-corrected chi connectivity index (χ2v) is 9.48. The molecule has 4 aliphatic rings. The van der Waals surface area contributed by atoms with Gasteiger partial charge in [-0.15, -0.1) is 0 Å². The largest absolute Gasteiger partial charge is 0.492 e. The van der Waals surface area contributed by atoms with Gasteiger partial charge in [0.25, 0.3) is 0 Å². The number of hydrogen-bond donors (Lipinski definition) is 2. The van der Waals surface area contributed by atoms with Crippen molar-refractivity contribution in [1.82, 2.24) is 0 Å². The van der Waals surface area contributed by atoms with Crippen molar-refractivity contribution in [3.05, 3.63) is 28.2 Å². The summed E-state index contributed by atoms with van der Waals surface area (Å²) in [6, 6.07) is 5.13. The smallest absolute Gasteiger partial charge is 0.220 e. The van der Waals surface area contributed by atoms with Gasteiger partial charge < -0.3 is 15.6 Å². The first-order chi connectivity index (χ1) is 13.0. The van der Waals surface area contributed by atoms with Gasteiger partial charge in [-0.2, -0.15) is 0 Å². The lowest BCUT2D eigenvalue weighted by Gasteiger charge is -2.59. The van der Waals surface area contributed by atoms with E-state index in [1.807, 2.05) is 0 Å². The summed E-state index contributed by atoms with van der Waals surface area (Å²) in [5.74, 6) is 3.11. The Morgan fingerprint density at radius 3 is 2.70 bits per heavy atom. The van der Waals surface area contributed by atoms with E-state index in [9.17, 15) is 9.90 Å². The van der Waals surface area contributed by atoms with Crippen LogP contribution in [0.5, 0.6) is 5.75 Å². The van der Waals surface area contributed by atoms with Crippen LogP contribution in [0.1, 0.15) is 32.1 Å². The van der Waals surface area contributed by atoms with E-state index in [0.29, 0.717) is 52.5 Å². The first kappa shape index (κ1) is 19.4. The van der Waals surface area contributed by atoms with Crippen LogP contribution in [0.2, 0.25) is 10.0 Å². The minimum atomic E-state index is -0.241. The van der Waals surface area contributed by atoms with Gasteiger partial charge in [0.2, 0.25) is 5.91 Å². The van der Waals surface area contributed by atoms with Crippen LogP contribution in [-0.2, 0) is 4.79 Å². The second kappa shape index (κ2) is 7.81. The molecule has 1 amide bonds. The molecule has 0 radical (unpaired) electrons. The van der Waals surface area contributed by atoms with Gasteiger partial charge in [-0.25, -0.2) is 0 Å². The minimum Gasteiger partial charge on any atom is -0.492 e. The summed E-state index contributed by atoms with van der Waals surface area (Å²) in [6.07, 6.45) is 5.32. The molecule has 4 aliphatic carbocycles. The molecular weight excluding hydrogens is 385 g/mol.